The van der Waals surface area contributed by atoms with Crippen LogP contribution in [0.5, 0.6) is 0 Å². The standard InChI is InChI=1S/C19H21N5/c1-3-12-7-8-15(11-13(12)4-1)22-19-23-17-16(9-10-20-17)18(24-19)21-14-5-2-6-14/h7-11,14H,1-6H2,(H3,20,21,22,23,24). The molecule has 2 heterocycles. The molecule has 2 aromatic heterocycles. The number of nitrogens with zero attached hydrogens (tertiary/aromatic N) is 2. The van der Waals surface area contributed by atoms with E-state index < -0.39 is 0 Å². The summed E-state index contributed by atoms with van der Waals surface area (Å²) in [6.45, 7) is 0. The van der Waals surface area contributed by atoms with E-state index in [0.29, 0.717) is 12.0 Å². The van der Waals surface area contributed by atoms with E-state index in [0.717, 1.165) is 22.5 Å². The number of fused-ring (bicyclic) bond motifs is 2. The minimum absolute atomic E-state index is 0.547. The molecule has 5 rings (SSSR count). The number of hydrogen-bond donors (Lipinski definition) is 3. The predicted octanol–water partition coefficient (Wildman–Crippen LogP) is 4.15. The third kappa shape index (κ3) is 2.40. The van der Waals surface area contributed by atoms with Gasteiger partial charge in [-0.1, -0.05) is 6.07 Å². The maximum atomic E-state index is 4.73. The van der Waals surface area contributed by atoms with E-state index >= 15 is 0 Å². The normalized spacial score (nSPS) is 16.8. The highest BCUT2D eigenvalue weighted by molar-refractivity contribution is 5.88. The molecule has 5 heteroatoms. The van der Waals surface area contributed by atoms with Crippen molar-refractivity contribution in [2.24, 2.45) is 0 Å². The summed E-state index contributed by atoms with van der Waals surface area (Å²) in [5.41, 5.74) is 4.87. The highest BCUT2D eigenvalue weighted by Crippen LogP contribution is 2.29. The van der Waals surface area contributed by atoms with Gasteiger partial charge in [0.25, 0.3) is 0 Å². The summed E-state index contributed by atoms with van der Waals surface area (Å²) in [4.78, 5) is 12.6. The van der Waals surface area contributed by atoms with Crippen LogP contribution in [-0.4, -0.2) is 21.0 Å². The molecule has 5 nitrogen and oxygen atoms in total. The molecule has 0 bridgehead atoms. The Morgan fingerprint density at radius 1 is 1.00 bits per heavy atom. The molecule has 2 aliphatic rings. The zero-order chi connectivity index (χ0) is 15.9. The van der Waals surface area contributed by atoms with Crippen molar-refractivity contribution < 1.29 is 0 Å². The molecule has 1 fully saturated rings. The molecule has 24 heavy (non-hydrogen) atoms. The molecular weight excluding hydrogens is 298 g/mol. The Bertz CT molecular complexity index is 894. The summed E-state index contributed by atoms with van der Waals surface area (Å²) in [7, 11) is 0. The average molecular weight is 319 g/mol. The summed E-state index contributed by atoms with van der Waals surface area (Å²) in [6, 6.07) is 9.18. The predicted molar refractivity (Wildman–Crippen MR) is 96.9 cm³/mol. The van der Waals surface area contributed by atoms with Crippen molar-refractivity contribution in [3.05, 3.63) is 41.6 Å². The lowest BCUT2D eigenvalue weighted by Gasteiger charge is -2.27. The van der Waals surface area contributed by atoms with Crippen LogP contribution in [0.15, 0.2) is 30.5 Å². The number of aryl methyl sites for hydroxylation is 2. The smallest absolute Gasteiger partial charge is 0.231 e. The van der Waals surface area contributed by atoms with Crippen LogP contribution in [0.3, 0.4) is 0 Å². The Kier molecular flexibility index (Phi) is 3.18. The van der Waals surface area contributed by atoms with Gasteiger partial charge < -0.3 is 15.6 Å². The van der Waals surface area contributed by atoms with Gasteiger partial charge in [0.1, 0.15) is 11.5 Å². The molecule has 0 amide bonds. The van der Waals surface area contributed by atoms with E-state index in [4.69, 9.17) is 4.98 Å². The van der Waals surface area contributed by atoms with Gasteiger partial charge in [-0.2, -0.15) is 9.97 Å². The van der Waals surface area contributed by atoms with Crippen molar-refractivity contribution in [3.63, 3.8) is 0 Å². The average Bonchev–Trinajstić information content (AvgIpc) is 3.18. The number of anilines is 3. The van der Waals surface area contributed by atoms with Gasteiger partial charge in [0.2, 0.25) is 5.95 Å². The van der Waals surface area contributed by atoms with Gasteiger partial charge >= 0.3 is 0 Å². The molecule has 0 saturated heterocycles. The van der Waals surface area contributed by atoms with E-state index in [-0.39, 0.29) is 0 Å². The second-order valence-corrected chi connectivity index (χ2v) is 6.87. The van der Waals surface area contributed by atoms with Crippen molar-refractivity contribution in [1.82, 2.24) is 15.0 Å². The summed E-state index contributed by atoms with van der Waals surface area (Å²) in [6.07, 6.45) is 9.32. The van der Waals surface area contributed by atoms with E-state index in [1.807, 2.05) is 12.3 Å². The molecule has 3 N–H and O–H groups in total. The van der Waals surface area contributed by atoms with Crippen molar-refractivity contribution in [2.75, 3.05) is 10.6 Å². The Labute approximate surface area is 140 Å². The quantitative estimate of drug-likeness (QED) is 0.676. The van der Waals surface area contributed by atoms with Crippen LogP contribution < -0.4 is 10.6 Å². The van der Waals surface area contributed by atoms with Crippen LogP contribution in [0, 0.1) is 0 Å². The fourth-order valence-electron chi connectivity index (χ4n) is 3.63. The monoisotopic (exact) mass is 319 g/mol. The summed E-state index contributed by atoms with van der Waals surface area (Å²) in [5.74, 6) is 1.57. The van der Waals surface area contributed by atoms with E-state index in [2.05, 4.69) is 38.8 Å². The van der Waals surface area contributed by atoms with Crippen molar-refractivity contribution in [3.8, 4) is 0 Å². The first-order chi connectivity index (χ1) is 11.8. The van der Waals surface area contributed by atoms with E-state index in [9.17, 15) is 0 Å². The van der Waals surface area contributed by atoms with Gasteiger partial charge in [0.05, 0.1) is 5.39 Å². The van der Waals surface area contributed by atoms with Crippen molar-refractivity contribution in [1.29, 1.82) is 0 Å². The maximum Gasteiger partial charge on any atom is 0.231 e. The molecule has 1 saturated carbocycles. The number of aromatic nitrogens is 3. The van der Waals surface area contributed by atoms with Crippen molar-refractivity contribution in [2.45, 2.75) is 44.6 Å². The SMILES string of the molecule is c1cc2c(NC3CCC3)nc(Nc3ccc4c(c3)CCC4)nc2[nH]1. The van der Waals surface area contributed by atoms with Gasteiger partial charge in [-0.05, 0) is 67.9 Å². The van der Waals surface area contributed by atoms with Gasteiger partial charge in [0, 0.05) is 17.9 Å². The lowest BCUT2D eigenvalue weighted by molar-refractivity contribution is 0.445. The van der Waals surface area contributed by atoms with Gasteiger partial charge in [-0.3, -0.25) is 0 Å². The molecule has 0 atom stereocenters. The third-order valence-electron chi connectivity index (χ3n) is 5.22. The number of nitrogens with one attached hydrogen (secondary N) is 3. The third-order valence-corrected chi connectivity index (χ3v) is 5.22. The molecule has 0 radical (unpaired) electrons. The Morgan fingerprint density at radius 2 is 1.92 bits per heavy atom. The fraction of sp³-hybridized carbons (Fsp3) is 0.368. The first kappa shape index (κ1) is 13.8. The van der Waals surface area contributed by atoms with Crippen LogP contribution in [0.25, 0.3) is 11.0 Å². The number of aromatic amines is 1. The maximum absolute atomic E-state index is 4.73. The fourth-order valence-corrected chi connectivity index (χ4v) is 3.63. The van der Waals surface area contributed by atoms with E-state index in [1.165, 1.54) is 49.7 Å². The van der Waals surface area contributed by atoms with Crippen LogP contribution >= 0.6 is 0 Å². The van der Waals surface area contributed by atoms with Gasteiger partial charge in [-0.15, -0.1) is 0 Å². The van der Waals surface area contributed by atoms with Crippen molar-refractivity contribution >= 4 is 28.5 Å². The Hall–Kier alpha value is -2.56. The minimum Gasteiger partial charge on any atom is -0.367 e. The first-order valence-corrected chi connectivity index (χ1v) is 8.86. The van der Waals surface area contributed by atoms with Crippen LogP contribution in [0.2, 0.25) is 0 Å². The van der Waals surface area contributed by atoms with Crippen LogP contribution in [0.1, 0.15) is 36.8 Å². The zero-order valence-corrected chi connectivity index (χ0v) is 13.6. The Balaban J connectivity index is 1.47. The summed E-state index contributed by atoms with van der Waals surface area (Å²) < 4.78 is 0. The molecule has 0 spiro atoms. The topological polar surface area (TPSA) is 65.6 Å². The zero-order valence-electron chi connectivity index (χ0n) is 13.6. The van der Waals surface area contributed by atoms with Crippen LogP contribution in [-0.2, 0) is 12.8 Å². The number of rotatable bonds is 4. The second-order valence-electron chi connectivity index (χ2n) is 6.87. The highest BCUT2D eigenvalue weighted by atomic mass is 15.2. The number of H-pyrrole nitrogens is 1. The molecule has 0 aliphatic heterocycles. The molecular formula is C19H21N5. The summed E-state index contributed by atoms with van der Waals surface area (Å²) >= 11 is 0. The van der Waals surface area contributed by atoms with Crippen LogP contribution in [0.4, 0.5) is 17.5 Å². The van der Waals surface area contributed by atoms with Gasteiger partial charge in [0.15, 0.2) is 0 Å². The number of benzene rings is 1. The summed E-state index contributed by atoms with van der Waals surface area (Å²) in [5, 5.41) is 8.00. The lowest BCUT2D eigenvalue weighted by atomic mass is 9.93. The largest absolute Gasteiger partial charge is 0.367 e. The van der Waals surface area contributed by atoms with E-state index in [1.54, 1.807) is 0 Å². The molecule has 0 unspecified atom stereocenters. The number of hydrogen-bond acceptors (Lipinski definition) is 4. The Morgan fingerprint density at radius 3 is 2.79 bits per heavy atom. The molecule has 2 aliphatic carbocycles. The first-order valence-electron chi connectivity index (χ1n) is 8.86. The van der Waals surface area contributed by atoms with Gasteiger partial charge in [-0.25, -0.2) is 0 Å². The molecule has 122 valence electrons. The molecule has 1 aromatic carbocycles. The second kappa shape index (κ2) is 5.51. The molecule has 3 aromatic rings. The minimum atomic E-state index is 0.547. The highest BCUT2D eigenvalue weighted by Gasteiger charge is 2.19. The lowest BCUT2D eigenvalue weighted by Crippen LogP contribution is -2.27.